The van der Waals surface area contributed by atoms with Crippen molar-refractivity contribution in [1.29, 1.82) is 0 Å². The Morgan fingerprint density at radius 2 is 1.83 bits per heavy atom. The van der Waals surface area contributed by atoms with Crippen LogP contribution in [0.2, 0.25) is 0 Å². The fourth-order valence-electron chi connectivity index (χ4n) is 4.88. The first kappa shape index (κ1) is 24.8. The number of aromatic nitrogens is 2. The molecule has 0 amide bonds. The number of nitrogens with one attached hydrogen (secondary N) is 1. The van der Waals surface area contributed by atoms with Crippen LogP contribution >= 0.6 is 0 Å². The summed E-state index contributed by atoms with van der Waals surface area (Å²) in [4.78, 5) is 12.3. The standard InChI is InChI=1S/C26H30N4O4S/c1-18-5-3-4-6-22(18)24(17-25(29-32)23-11-14-27-28-26(23)31)21-9-7-19(8-10-21)20-12-15-30(16-13-20)35(2,33)34/h3-11,14,20,24,32H,12-13,15-17H2,1-2H3,(H,28,31)/b29-25-/t24-/m1/s1. The lowest BCUT2D eigenvalue weighted by molar-refractivity contribution is 0.317. The van der Waals surface area contributed by atoms with E-state index in [9.17, 15) is 18.4 Å². The normalized spacial score (nSPS) is 16.8. The Kier molecular flexibility index (Phi) is 7.47. The molecule has 9 heteroatoms. The molecule has 2 N–H and O–H groups in total. The third-order valence-electron chi connectivity index (χ3n) is 6.85. The number of H-pyrrole nitrogens is 1. The third-order valence-corrected chi connectivity index (χ3v) is 8.16. The summed E-state index contributed by atoms with van der Waals surface area (Å²) in [5.41, 5.74) is 4.60. The molecule has 0 radical (unpaired) electrons. The molecular formula is C26H30N4O4S. The van der Waals surface area contributed by atoms with Gasteiger partial charge in [-0.15, -0.1) is 0 Å². The number of aryl methyl sites for hydroxylation is 1. The second-order valence-electron chi connectivity index (χ2n) is 9.06. The molecule has 1 fully saturated rings. The van der Waals surface area contributed by atoms with Crippen LogP contribution in [0.25, 0.3) is 0 Å². The van der Waals surface area contributed by atoms with Gasteiger partial charge in [-0.05, 0) is 54.0 Å². The first-order valence-electron chi connectivity index (χ1n) is 11.6. The van der Waals surface area contributed by atoms with Crippen molar-refractivity contribution in [2.45, 2.75) is 38.0 Å². The van der Waals surface area contributed by atoms with Gasteiger partial charge in [-0.3, -0.25) is 4.79 Å². The maximum absolute atomic E-state index is 12.3. The van der Waals surface area contributed by atoms with Crippen molar-refractivity contribution >= 4 is 15.7 Å². The summed E-state index contributed by atoms with van der Waals surface area (Å²) in [6, 6.07) is 18.0. The van der Waals surface area contributed by atoms with Gasteiger partial charge in [0.25, 0.3) is 5.56 Å². The van der Waals surface area contributed by atoms with Crippen LogP contribution < -0.4 is 5.56 Å². The Balaban J connectivity index is 1.62. The number of oxime groups is 1. The molecule has 1 saturated heterocycles. The maximum Gasteiger partial charge on any atom is 0.273 e. The molecular weight excluding hydrogens is 464 g/mol. The Morgan fingerprint density at radius 3 is 2.43 bits per heavy atom. The second kappa shape index (κ2) is 10.5. The van der Waals surface area contributed by atoms with E-state index in [1.165, 1.54) is 18.0 Å². The Hall–Kier alpha value is -3.30. The summed E-state index contributed by atoms with van der Waals surface area (Å²) in [6.45, 7) is 3.11. The predicted octanol–water partition coefficient (Wildman–Crippen LogP) is 3.62. The average molecular weight is 495 g/mol. The van der Waals surface area contributed by atoms with Gasteiger partial charge in [-0.25, -0.2) is 17.8 Å². The Labute approximate surface area is 205 Å². The molecule has 1 aromatic heterocycles. The van der Waals surface area contributed by atoms with Crippen LogP contribution in [0.3, 0.4) is 0 Å². The largest absolute Gasteiger partial charge is 0.411 e. The summed E-state index contributed by atoms with van der Waals surface area (Å²) in [7, 11) is -3.15. The predicted molar refractivity (Wildman–Crippen MR) is 136 cm³/mol. The molecule has 184 valence electrons. The number of hydrogen-bond donors (Lipinski definition) is 2. The van der Waals surface area contributed by atoms with Gasteiger partial charge in [0.15, 0.2) is 0 Å². The molecule has 0 spiro atoms. The van der Waals surface area contributed by atoms with Crippen molar-refractivity contribution in [2.75, 3.05) is 19.3 Å². The molecule has 0 aliphatic carbocycles. The zero-order valence-corrected chi connectivity index (χ0v) is 20.7. The molecule has 1 aliphatic rings. The molecule has 8 nitrogen and oxygen atoms in total. The van der Waals surface area contributed by atoms with Crippen LogP contribution in [0.5, 0.6) is 0 Å². The lowest BCUT2D eigenvalue weighted by Gasteiger charge is -2.30. The number of rotatable bonds is 7. The van der Waals surface area contributed by atoms with E-state index in [-0.39, 0.29) is 11.5 Å². The highest BCUT2D eigenvalue weighted by molar-refractivity contribution is 7.88. The highest BCUT2D eigenvalue weighted by Crippen LogP contribution is 2.34. The van der Waals surface area contributed by atoms with Crippen molar-refractivity contribution < 1.29 is 13.6 Å². The topological polar surface area (TPSA) is 116 Å². The minimum Gasteiger partial charge on any atom is -0.411 e. The maximum atomic E-state index is 12.3. The fourth-order valence-corrected chi connectivity index (χ4v) is 5.75. The van der Waals surface area contributed by atoms with Crippen molar-refractivity contribution in [2.24, 2.45) is 5.16 Å². The smallest absolute Gasteiger partial charge is 0.273 e. The van der Waals surface area contributed by atoms with Crippen molar-refractivity contribution in [3.8, 4) is 0 Å². The van der Waals surface area contributed by atoms with E-state index in [2.05, 4.69) is 45.7 Å². The summed E-state index contributed by atoms with van der Waals surface area (Å²) >= 11 is 0. The van der Waals surface area contributed by atoms with Gasteiger partial charge in [0.1, 0.15) is 0 Å². The molecule has 35 heavy (non-hydrogen) atoms. The number of sulfonamides is 1. The SMILES string of the molecule is Cc1ccccc1[C@H](C/C(=N/O)c1ccn[nH]c1=O)c1ccc(C2CCN(S(C)(=O)=O)CC2)cc1. The molecule has 0 bridgehead atoms. The molecule has 2 heterocycles. The Bertz CT molecular complexity index is 1360. The van der Waals surface area contributed by atoms with Gasteiger partial charge >= 0.3 is 0 Å². The monoisotopic (exact) mass is 494 g/mol. The average Bonchev–Trinajstić information content (AvgIpc) is 2.86. The third kappa shape index (κ3) is 5.68. The van der Waals surface area contributed by atoms with E-state index in [1.54, 1.807) is 10.4 Å². The number of piperidine rings is 1. The summed E-state index contributed by atoms with van der Waals surface area (Å²) in [6.07, 6.45) is 4.65. The van der Waals surface area contributed by atoms with Crippen LogP contribution in [-0.4, -0.2) is 53.2 Å². The lowest BCUT2D eigenvalue weighted by atomic mass is 9.82. The molecule has 4 rings (SSSR count). The minimum atomic E-state index is -3.15. The van der Waals surface area contributed by atoms with E-state index in [1.807, 2.05) is 25.1 Å². The summed E-state index contributed by atoms with van der Waals surface area (Å²) in [5, 5.41) is 19.4. The van der Waals surface area contributed by atoms with Gasteiger partial charge in [-0.2, -0.15) is 5.10 Å². The quantitative estimate of drug-likeness (QED) is 0.296. The van der Waals surface area contributed by atoms with E-state index >= 15 is 0 Å². The van der Waals surface area contributed by atoms with Crippen molar-refractivity contribution in [3.63, 3.8) is 0 Å². The number of benzene rings is 2. The molecule has 2 aromatic carbocycles. The van der Waals surface area contributed by atoms with Crippen LogP contribution in [0, 0.1) is 6.92 Å². The Morgan fingerprint density at radius 1 is 1.14 bits per heavy atom. The van der Waals surface area contributed by atoms with Crippen molar-refractivity contribution in [3.05, 3.63) is 99.0 Å². The van der Waals surface area contributed by atoms with Gasteiger partial charge in [0, 0.05) is 31.6 Å². The summed E-state index contributed by atoms with van der Waals surface area (Å²) in [5.74, 6) is 0.180. The van der Waals surface area contributed by atoms with E-state index in [0.717, 1.165) is 29.5 Å². The first-order chi connectivity index (χ1) is 16.8. The minimum absolute atomic E-state index is 0.129. The molecule has 0 unspecified atom stereocenters. The van der Waals surface area contributed by atoms with E-state index in [4.69, 9.17) is 0 Å². The molecule has 1 aliphatic heterocycles. The highest BCUT2D eigenvalue weighted by atomic mass is 32.2. The molecule has 0 saturated carbocycles. The second-order valence-corrected chi connectivity index (χ2v) is 11.0. The van der Waals surface area contributed by atoms with Gasteiger partial charge in [0.05, 0.1) is 17.5 Å². The summed E-state index contributed by atoms with van der Waals surface area (Å²) < 4.78 is 25.2. The molecule has 3 aromatic rings. The fraction of sp³-hybridized carbons (Fsp3) is 0.346. The van der Waals surface area contributed by atoms with Crippen LogP contribution in [0.1, 0.15) is 58.9 Å². The van der Waals surface area contributed by atoms with Crippen LogP contribution in [-0.2, 0) is 10.0 Å². The first-order valence-corrected chi connectivity index (χ1v) is 13.5. The van der Waals surface area contributed by atoms with E-state index < -0.39 is 15.6 Å². The zero-order chi connectivity index (χ0) is 25.0. The van der Waals surface area contributed by atoms with Crippen LogP contribution in [0.15, 0.2) is 70.7 Å². The highest BCUT2D eigenvalue weighted by Gasteiger charge is 2.26. The molecule has 1 atom stereocenters. The number of hydrogen-bond acceptors (Lipinski definition) is 6. The van der Waals surface area contributed by atoms with Gasteiger partial charge in [-0.1, -0.05) is 53.7 Å². The van der Waals surface area contributed by atoms with Gasteiger partial charge in [0.2, 0.25) is 10.0 Å². The van der Waals surface area contributed by atoms with E-state index in [0.29, 0.717) is 31.1 Å². The van der Waals surface area contributed by atoms with Gasteiger partial charge < -0.3 is 5.21 Å². The lowest BCUT2D eigenvalue weighted by Crippen LogP contribution is -2.37. The van der Waals surface area contributed by atoms with Crippen molar-refractivity contribution in [1.82, 2.24) is 14.5 Å². The number of nitrogens with zero attached hydrogens (tertiary/aromatic N) is 3. The van der Waals surface area contributed by atoms with Crippen LogP contribution in [0.4, 0.5) is 0 Å². The number of aromatic amines is 1. The zero-order valence-electron chi connectivity index (χ0n) is 19.9.